The van der Waals surface area contributed by atoms with E-state index >= 15 is 0 Å². The molecule has 1 aromatic rings. The van der Waals surface area contributed by atoms with Crippen molar-refractivity contribution in [1.82, 2.24) is 5.32 Å². The Morgan fingerprint density at radius 3 is 2.73 bits per heavy atom. The first-order valence-corrected chi connectivity index (χ1v) is 5.32. The van der Waals surface area contributed by atoms with E-state index in [1.165, 1.54) is 0 Å². The molecule has 0 fully saturated rings. The van der Waals surface area contributed by atoms with Crippen LogP contribution in [0.25, 0.3) is 0 Å². The summed E-state index contributed by atoms with van der Waals surface area (Å²) in [5, 5.41) is 3.38. The molecule has 0 saturated heterocycles. The number of benzene rings is 1. The summed E-state index contributed by atoms with van der Waals surface area (Å²) >= 11 is 0. The smallest absolute Gasteiger partial charge is 0.133 e. The van der Waals surface area contributed by atoms with Crippen LogP contribution in [0.2, 0.25) is 0 Å². The lowest BCUT2D eigenvalue weighted by Gasteiger charge is -2.09. The first-order chi connectivity index (χ1) is 7.25. The average Bonchev–Trinajstić information content (AvgIpc) is 2.41. The molecule has 2 heteroatoms. The molecule has 78 valence electrons. The van der Waals surface area contributed by atoms with E-state index in [-0.39, 0.29) is 0 Å². The molecule has 1 aromatic carbocycles. The topological polar surface area (TPSA) is 24.4 Å². The number of rotatable bonds is 1. The number of hydrogen-bond donors (Lipinski definition) is 1. The highest BCUT2D eigenvalue weighted by Gasteiger charge is 2.08. The molecule has 0 aromatic heterocycles. The Hall–Kier alpha value is -1.57. The van der Waals surface area contributed by atoms with Gasteiger partial charge in [-0.05, 0) is 12.8 Å². The van der Waals surface area contributed by atoms with E-state index in [1.54, 1.807) is 0 Å². The Bertz CT molecular complexity index is 390. The van der Waals surface area contributed by atoms with Gasteiger partial charge in [-0.1, -0.05) is 43.3 Å². The van der Waals surface area contributed by atoms with E-state index in [4.69, 9.17) is 0 Å². The normalized spacial score (nSPS) is 21.1. The second kappa shape index (κ2) is 4.30. The van der Waals surface area contributed by atoms with Crippen molar-refractivity contribution < 1.29 is 0 Å². The fourth-order valence-electron chi connectivity index (χ4n) is 1.74. The van der Waals surface area contributed by atoms with Crippen LogP contribution in [-0.4, -0.2) is 12.4 Å². The zero-order valence-corrected chi connectivity index (χ0v) is 9.20. The largest absolute Gasteiger partial charge is 0.369 e. The van der Waals surface area contributed by atoms with E-state index < -0.39 is 0 Å². The van der Waals surface area contributed by atoms with Crippen LogP contribution in [0.15, 0.2) is 47.1 Å². The summed E-state index contributed by atoms with van der Waals surface area (Å²) in [5.74, 6) is 1.52. The van der Waals surface area contributed by atoms with Crippen LogP contribution in [0.1, 0.15) is 19.4 Å². The summed E-state index contributed by atoms with van der Waals surface area (Å²) in [6.07, 6.45) is 2.20. The summed E-state index contributed by atoms with van der Waals surface area (Å²) in [4.78, 5) is 4.56. The fraction of sp³-hybridized carbons (Fsp3) is 0.308. The SMILES string of the molecule is CC1=CC(C)CNC(c2ccccc2)=N1. The van der Waals surface area contributed by atoms with Crippen LogP contribution < -0.4 is 5.32 Å². The predicted molar refractivity (Wildman–Crippen MR) is 63.9 cm³/mol. The van der Waals surface area contributed by atoms with Gasteiger partial charge in [0, 0.05) is 17.8 Å². The Labute approximate surface area is 90.7 Å². The summed E-state index contributed by atoms with van der Waals surface area (Å²) in [6, 6.07) is 10.2. The van der Waals surface area contributed by atoms with Gasteiger partial charge in [0.15, 0.2) is 0 Å². The van der Waals surface area contributed by atoms with E-state index in [1.807, 2.05) is 25.1 Å². The monoisotopic (exact) mass is 200 g/mol. The third-order valence-electron chi connectivity index (χ3n) is 2.45. The third kappa shape index (κ3) is 2.46. The molecule has 0 spiro atoms. The molecule has 1 atom stereocenters. The summed E-state index contributed by atoms with van der Waals surface area (Å²) in [7, 11) is 0. The third-order valence-corrected chi connectivity index (χ3v) is 2.45. The first kappa shape index (κ1) is 9.97. The maximum atomic E-state index is 4.56. The Kier molecular flexibility index (Phi) is 2.86. The van der Waals surface area contributed by atoms with Gasteiger partial charge in [0.25, 0.3) is 0 Å². The molecule has 0 aliphatic carbocycles. The second-order valence-electron chi connectivity index (χ2n) is 3.99. The number of nitrogens with one attached hydrogen (secondary N) is 1. The molecule has 1 N–H and O–H groups in total. The van der Waals surface area contributed by atoms with Crippen molar-refractivity contribution in [3.8, 4) is 0 Å². The van der Waals surface area contributed by atoms with Crippen molar-refractivity contribution >= 4 is 5.84 Å². The molecule has 0 radical (unpaired) electrons. The van der Waals surface area contributed by atoms with Crippen molar-refractivity contribution in [3.05, 3.63) is 47.7 Å². The van der Waals surface area contributed by atoms with E-state index in [2.05, 4.69) is 35.4 Å². The van der Waals surface area contributed by atoms with Crippen LogP contribution in [0.5, 0.6) is 0 Å². The minimum absolute atomic E-state index is 0.537. The molecule has 15 heavy (non-hydrogen) atoms. The Morgan fingerprint density at radius 2 is 2.00 bits per heavy atom. The second-order valence-corrected chi connectivity index (χ2v) is 3.99. The maximum absolute atomic E-state index is 4.56. The maximum Gasteiger partial charge on any atom is 0.133 e. The zero-order valence-electron chi connectivity index (χ0n) is 9.20. The standard InChI is InChI=1S/C13H16N2/c1-10-8-11(2)15-13(14-9-10)12-6-4-3-5-7-12/h3-8,10H,9H2,1-2H3,(H,14,15). The van der Waals surface area contributed by atoms with Crippen molar-refractivity contribution in [3.63, 3.8) is 0 Å². The minimum atomic E-state index is 0.537. The van der Waals surface area contributed by atoms with E-state index in [0.29, 0.717) is 5.92 Å². The predicted octanol–water partition coefficient (Wildman–Crippen LogP) is 2.58. The molecule has 1 aliphatic rings. The molecule has 0 saturated carbocycles. The van der Waals surface area contributed by atoms with Gasteiger partial charge >= 0.3 is 0 Å². The average molecular weight is 200 g/mol. The van der Waals surface area contributed by atoms with Crippen LogP contribution in [0, 0.1) is 5.92 Å². The number of nitrogens with zero attached hydrogens (tertiary/aromatic N) is 1. The van der Waals surface area contributed by atoms with Crippen molar-refractivity contribution in [2.45, 2.75) is 13.8 Å². The molecule has 2 nitrogen and oxygen atoms in total. The van der Waals surface area contributed by atoms with Crippen LogP contribution in [0.3, 0.4) is 0 Å². The molecule has 0 amide bonds. The molecule has 1 unspecified atom stereocenters. The Balaban J connectivity index is 2.28. The summed E-state index contributed by atoms with van der Waals surface area (Å²) in [5.41, 5.74) is 2.24. The number of hydrogen-bond acceptors (Lipinski definition) is 2. The molecular weight excluding hydrogens is 184 g/mol. The summed E-state index contributed by atoms with van der Waals surface area (Å²) in [6.45, 7) is 5.19. The van der Waals surface area contributed by atoms with Gasteiger partial charge in [-0.2, -0.15) is 0 Å². The van der Waals surface area contributed by atoms with Gasteiger partial charge in [-0.25, -0.2) is 4.99 Å². The highest BCUT2D eigenvalue weighted by Crippen LogP contribution is 2.10. The van der Waals surface area contributed by atoms with Gasteiger partial charge < -0.3 is 5.32 Å². The van der Waals surface area contributed by atoms with Crippen molar-refractivity contribution in [2.24, 2.45) is 10.9 Å². The van der Waals surface area contributed by atoms with Crippen LogP contribution in [0.4, 0.5) is 0 Å². The molecule has 2 rings (SSSR count). The van der Waals surface area contributed by atoms with Crippen LogP contribution in [-0.2, 0) is 0 Å². The van der Waals surface area contributed by atoms with Gasteiger partial charge in [0.2, 0.25) is 0 Å². The fourth-order valence-corrected chi connectivity index (χ4v) is 1.74. The van der Waals surface area contributed by atoms with E-state index in [0.717, 1.165) is 23.6 Å². The van der Waals surface area contributed by atoms with Crippen LogP contribution >= 0.6 is 0 Å². The lowest BCUT2D eigenvalue weighted by molar-refractivity contribution is 0.693. The van der Waals surface area contributed by atoms with E-state index in [9.17, 15) is 0 Å². The zero-order chi connectivity index (χ0) is 10.7. The summed E-state index contributed by atoms with van der Waals surface area (Å²) < 4.78 is 0. The lowest BCUT2D eigenvalue weighted by atomic mass is 10.1. The highest BCUT2D eigenvalue weighted by molar-refractivity contribution is 5.99. The minimum Gasteiger partial charge on any atom is -0.369 e. The van der Waals surface area contributed by atoms with Gasteiger partial charge in [-0.3, -0.25) is 0 Å². The van der Waals surface area contributed by atoms with Gasteiger partial charge in [0.1, 0.15) is 5.84 Å². The number of allylic oxidation sites excluding steroid dienone is 1. The number of aliphatic imine (C=N–C) groups is 1. The number of amidine groups is 1. The highest BCUT2D eigenvalue weighted by atomic mass is 15.0. The quantitative estimate of drug-likeness (QED) is 0.740. The van der Waals surface area contributed by atoms with Gasteiger partial charge in [-0.15, -0.1) is 0 Å². The molecular formula is C13H16N2. The van der Waals surface area contributed by atoms with Crippen molar-refractivity contribution in [2.75, 3.05) is 6.54 Å². The molecule has 1 heterocycles. The van der Waals surface area contributed by atoms with Crippen molar-refractivity contribution in [1.29, 1.82) is 0 Å². The Morgan fingerprint density at radius 1 is 1.27 bits per heavy atom. The van der Waals surface area contributed by atoms with Gasteiger partial charge in [0.05, 0.1) is 0 Å². The first-order valence-electron chi connectivity index (χ1n) is 5.32. The molecule has 0 bridgehead atoms. The molecule has 1 aliphatic heterocycles. The lowest BCUT2D eigenvalue weighted by Crippen LogP contribution is -2.27.